The zero-order valence-corrected chi connectivity index (χ0v) is 23.3. The molecule has 196 valence electrons. The molecular weight excluding hydrogens is 476 g/mol. The number of H-pyrrole nitrogens is 1. The van der Waals surface area contributed by atoms with Gasteiger partial charge in [0.2, 0.25) is 10.0 Å². The first-order valence-electron chi connectivity index (χ1n) is 12.2. The second-order valence-electron chi connectivity index (χ2n) is 10.9. The minimum Gasteiger partial charge on any atom is -0.460 e. The molecule has 3 aromatic rings. The van der Waals surface area contributed by atoms with E-state index >= 15 is 0 Å². The molecular formula is C27H38N4O4S. The SMILES string of the molecule is CC(=O)OC([C@H](CC(C)C)N(C)S(=O)(=O)c1ccc(Cc2nccc3[nH]c(C)nc23)cc1)C(C)(C)C. The molecule has 3 rings (SSSR count). The number of hydrogen-bond acceptors (Lipinski definition) is 6. The molecule has 2 aromatic heterocycles. The van der Waals surface area contributed by atoms with Crippen molar-refractivity contribution in [3.63, 3.8) is 0 Å². The van der Waals surface area contributed by atoms with Gasteiger partial charge in [-0.1, -0.05) is 46.8 Å². The first-order chi connectivity index (χ1) is 16.7. The summed E-state index contributed by atoms with van der Waals surface area (Å²) in [4.78, 5) is 24.3. The van der Waals surface area contributed by atoms with E-state index in [2.05, 4.69) is 15.0 Å². The number of hydrogen-bond donors (Lipinski definition) is 1. The summed E-state index contributed by atoms with van der Waals surface area (Å²) in [6, 6.07) is 8.25. The van der Waals surface area contributed by atoms with Gasteiger partial charge in [0.15, 0.2) is 0 Å². The lowest BCUT2D eigenvalue weighted by atomic mass is 9.81. The van der Waals surface area contributed by atoms with Crippen molar-refractivity contribution in [1.29, 1.82) is 0 Å². The second-order valence-corrected chi connectivity index (χ2v) is 12.9. The van der Waals surface area contributed by atoms with Crippen LogP contribution in [-0.2, 0) is 26.0 Å². The number of esters is 1. The summed E-state index contributed by atoms with van der Waals surface area (Å²) in [5.74, 6) is 0.605. The maximum Gasteiger partial charge on any atom is 0.302 e. The molecule has 0 aliphatic carbocycles. The summed E-state index contributed by atoms with van der Waals surface area (Å²) < 4.78 is 34.4. The average molecular weight is 515 g/mol. The van der Waals surface area contributed by atoms with Gasteiger partial charge in [0.05, 0.1) is 22.1 Å². The van der Waals surface area contributed by atoms with E-state index in [1.54, 1.807) is 25.4 Å². The van der Waals surface area contributed by atoms with Gasteiger partial charge < -0.3 is 9.72 Å². The Labute approximate surface area is 214 Å². The Bertz CT molecular complexity index is 1310. The fourth-order valence-corrected chi connectivity index (χ4v) is 5.88. The van der Waals surface area contributed by atoms with Gasteiger partial charge in [-0.05, 0) is 43.0 Å². The number of nitrogens with zero attached hydrogens (tertiary/aromatic N) is 3. The van der Waals surface area contributed by atoms with Gasteiger partial charge in [0, 0.05) is 32.0 Å². The zero-order chi connectivity index (χ0) is 26.8. The smallest absolute Gasteiger partial charge is 0.302 e. The summed E-state index contributed by atoms with van der Waals surface area (Å²) in [5.41, 5.74) is 3.06. The van der Waals surface area contributed by atoms with Crippen molar-refractivity contribution < 1.29 is 17.9 Å². The van der Waals surface area contributed by atoms with Gasteiger partial charge in [-0.15, -0.1) is 0 Å². The van der Waals surface area contributed by atoms with Crippen molar-refractivity contribution >= 4 is 27.0 Å². The van der Waals surface area contributed by atoms with Crippen LogP contribution in [0.15, 0.2) is 41.4 Å². The van der Waals surface area contributed by atoms with Crippen LogP contribution < -0.4 is 0 Å². The van der Waals surface area contributed by atoms with Gasteiger partial charge in [-0.2, -0.15) is 4.31 Å². The fraction of sp³-hybridized carbons (Fsp3) is 0.519. The highest BCUT2D eigenvalue weighted by Gasteiger charge is 2.41. The highest BCUT2D eigenvalue weighted by molar-refractivity contribution is 7.89. The molecule has 0 amide bonds. The van der Waals surface area contributed by atoms with Gasteiger partial charge in [-0.3, -0.25) is 9.78 Å². The molecule has 0 saturated carbocycles. The molecule has 9 heteroatoms. The van der Waals surface area contributed by atoms with Crippen molar-refractivity contribution in [2.75, 3.05) is 7.05 Å². The maximum atomic E-state index is 13.7. The summed E-state index contributed by atoms with van der Waals surface area (Å²) in [6.45, 7) is 13.2. The normalized spacial score (nSPS) is 14.4. The van der Waals surface area contributed by atoms with Crippen LogP contribution in [-0.4, -0.2) is 52.8 Å². The Morgan fingerprint density at radius 1 is 1.14 bits per heavy atom. The lowest BCUT2D eigenvalue weighted by Gasteiger charge is -2.40. The number of rotatable bonds is 9. The molecule has 0 aliphatic heterocycles. The van der Waals surface area contributed by atoms with Crippen molar-refractivity contribution in [3.05, 3.63) is 53.6 Å². The number of likely N-dealkylation sites (N-methyl/N-ethyl adjacent to an activating group) is 1. The van der Waals surface area contributed by atoms with E-state index in [9.17, 15) is 13.2 Å². The van der Waals surface area contributed by atoms with Gasteiger partial charge in [0.1, 0.15) is 17.4 Å². The summed E-state index contributed by atoms with van der Waals surface area (Å²) in [5, 5.41) is 0. The maximum absolute atomic E-state index is 13.7. The van der Waals surface area contributed by atoms with E-state index in [1.165, 1.54) is 11.2 Å². The first-order valence-corrected chi connectivity index (χ1v) is 13.7. The number of aryl methyl sites for hydroxylation is 1. The molecule has 1 aromatic carbocycles. The number of pyridine rings is 1. The summed E-state index contributed by atoms with van der Waals surface area (Å²) >= 11 is 0. The van der Waals surface area contributed by atoms with Crippen molar-refractivity contribution in [2.45, 2.75) is 78.3 Å². The summed E-state index contributed by atoms with van der Waals surface area (Å²) in [7, 11) is -2.26. The minimum atomic E-state index is -3.84. The number of benzene rings is 1. The van der Waals surface area contributed by atoms with E-state index in [0.717, 1.165) is 28.1 Å². The van der Waals surface area contributed by atoms with Crippen molar-refractivity contribution in [3.8, 4) is 0 Å². The molecule has 0 saturated heterocycles. The largest absolute Gasteiger partial charge is 0.460 e. The average Bonchev–Trinajstić information content (AvgIpc) is 3.16. The number of sulfonamides is 1. The van der Waals surface area contributed by atoms with Gasteiger partial charge in [-0.25, -0.2) is 13.4 Å². The number of imidazole rings is 1. The molecule has 0 aliphatic rings. The van der Waals surface area contributed by atoms with E-state index in [-0.39, 0.29) is 10.8 Å². The summed E-state index contributed by atoms with van der Waals surface area (Å²) in [6.07, 6.45) is 2.24. The minimum absolute atomic E-state index is 0.194. The van der Waals surface area contributed by atoms with Crippen LogP contribution in [0, 0.1) is 18.3 Å². The Morgan fingerprint density at radius 3 is 2.33 bits per heavy atom. The number of carbonyl (C=O) groups is 1. The highest BCUT2D eigenvalue weighted by Crippen LogP contribution is 2.33. The molecule has 0 fully saturated rings. The topological polar surface area (TPSA) is 105 Å². The quantitative estimate of drug-likeness (QED) is 0.409. The number of ether oxygens (including phenoxy) is 1. The van der Waals surface area contributed by atoms with E-state index in [0.29, 0.717) is 12.8 Å². The second kappa shape index (κ2) is 10.7. The van der Waals surface area contributed by atoms with Crippen LogP contribution in [0.5, 0.6) is 0 Å². The van der Waals surface area contributed by atoms with E-state index in [4.69, 9.17) is 4.74 Å². The first kappa shape index (κ1) is 27.8. The lowest BCUT2D eigenvalue weighted by molar-refractivity contribution is -0.156. The number of nitrogens with one attached hydrogen (secondary N) is 1. The van der Waals surface area contributed by atoms with E-state index in [1.807, 2.05) is 59.7 Å². The molecule has 2 heterocycles. The number of aromatic amines is 1. The molecule has 0 bridgehead atoms. The van der Waals surface area contributed by atoms with Crippen LogP contribution in [0.1, 0.15) is 65.0 Å². The molecule has 0 radical (unpaired) electrons. The van der Waals surface area contributed by atoms with Crippen LogP contribution in [0.2, 0.25) is 0 Å². The predicted octanol–water partition coefficient (Wildman–Crippen LogP) is 4.87. The Morgan fingerprint density at radius 2 is 1.78 bits per heavy atom. The number of fused-ring (bicyclic) bond motifs is 1. The Hall–Kier alpha value is -2.78. The predicted molar refractivity (Wildman–Crippen MR) is 141 cm³/mol. The third kappa shape index (κ3) is 6.31. The molecule has 36 heavy (non-hydrogen) atoms. The number of aromatic nitrogens is 3. The lowest BCUT2D eigenvalue weighted by Crippen LogP contribution is -2.52. The third-order valence-corrected chi connectivity index (χ3v) is 8.14. The molecule has 1 N–H and O–H groups in total. The zero-order valence-electron chi connectivity index (χ0n) is 22.5. The molecule has 2 atom stereocenters. The molecule has 8 nitrogen and oxygen atoms in total. The fourth-order valence-electron chi connectivity index (χ4n) is 4.52. The monoisotopic (exact) mass is 514 g/mol. The van der Waals surface area contributed by atoms with Crippen LogP contribution >= 0.6 is 0 Å². The van der Waals surface area contributed by atoms with Crippen LogP contribution in [0.25, 0.3) is 11.0 Å². The van der Waals surface area contributed by atoms with Gasteiger partial charge in [0.25, 0.3) is 0 Å². The van der Waals surface area contributed by atoms with Crippen molar-refractivity contribution in [1.82, 2.24) is 19.3 Å². The van der Waals surface area contributed by atoms with Crippen molar-refractivity contribution in [2.24, 2.45) is 11.3 Å². The van der Waals surface area contributed by atoms with E-state index < -0.39 is 33.6 Å². The highest BCUT2D eigenvalue weighted by atomic mass is 32.2. The Kier molecular flexibility index (Phi) is 8.25. The van der Waals surface area contributed by atoms with Crippen LogP contribution in [0.4, 0.5) is 0 Å². The third-order valence-electron chi connectivity index (χ3n) is 6.24. The Balaban J connectivity index is 1.90. The standard InChI is InChI=1S/C27H38N4O4S/c1-17(2)15-24(26(27(5,6)7)35-19(4)32)31(8)36(33,34)21-11-9-20(10-12-21)16-23-25-22(13-14-28-23)29-18(3)30-25/h9-14,17,24,26H,15-16H2,1-8H3,(H,29,30)/t24-,26?/m0/s1. The molecule has 0 spiro atoms. The van der Waals surface area contributed by atoms with Crippen LogP contribution in [0.3, 0.4) is 0 Å². The number of carbonyl (C=O) groups excluding carboxylic acids is 1. The molecule has 1 unspecified atom stereocenters. The van der Waals surface area contributed by atoms with Gasteiger partial charge >= 0.3 is 5.97 Å².